The predicted molar refractivity (Wildman–Crippen MR) is 82.8 cm³/mol. The largest absolute Gasteiger partial charge is 0.450 e. The first-order valence-electron chi connectivity index (χ1n) is 7.59. The van der Waals surface area contributed by atoms with Crippen molar-refractivity contribution in [1.29, 1.82) is 0 Å². The lowest BCUT2D eigenvalue weighted by atomic mass is 10.1. The number of nitrogens with zero attached hydrogens (tertiary/aromatic N) is 2. The quantitative estimate of drug-likeness (QED) is 0.910. The van der Waals surface area contributed by atoms with Crippen LogP contribution in [-0.4, -0.2) is 42.6 Å². The first-order valence-corrected chi connectivity index (χ1v) is 7.59. The first kappa shape index (κ1) is 13.9. The third kappa shape index (κ3) is 3.17. The van der Waals surface area contributed by atoms with Crippen molar-refractivity contribution in [2.75, 3.05) is 25.0 Å². The highest BCUT2D eigenvalue weighted by molar-refractivity contribution is 6.03. The molecule has 0 spiro atoms. The van der Waals surface area contributed by atoms with E-state index in [4.69, 9.17) is 9.73 Å². The Balaban J connectivity index is 1.55. The Morgan fingerprint density at radius 1 is 1.38 bits per heavy atom. The summed E-state index contributed by atoms with van der Waals surface area (Å²) in [6, 6.07) is 8.61. The molecule has 1 aromatic carbocycles. The van der Waals surface area contributed by atoms with Crippen LogP contribution in [0.25, 0.3) is 0 Å². The minimum Gasteiger partial charge on any atom is -0.450 e. The van der Waals surface area contributed by atoms with E-state index in [9.17, 15) is 4.79 Å². The molecule has 1 N–H and O–H groups in total. The van der Waals surface area contributed by atoms with E-state index >= 15 is 0 Å². The van der Waals surface area contributed by atoms with Crippen molar-refractivity contribution in [3.8, 4) is 0 Å². The molecule has 2 aliphatic rings. The van der Waals surface area contributed by atoms with Crippen molar-refractivity contribution in [3.05, 3.63) is 29.8 Å². The van der Waals surface area contributed by atoms with Gasteiger partial charge in [0.25, 0.3) is 0 Å². The zero-order valence-corrected chi connectivity index (χ0v) is 12.3. The van der Waals surface area contributed by atoms with Gasteiger partial charge in [-0.15, -0.1) is 0 Å². The number of benzene rings is 1. The molecule has 0 bridgehead atoms. The maximum Gasteiger partial charge on any atom is 0.409 e. The third-order valence-corrected chi connectivity index (χ3v) is 3.98. The van der Waals surface area contributed by atoms with Gasteiger partial charge in [0.05, 0.1) is 12.6 Å². The van der Waals surface area contributed by atoms with Crippen LogP contribution >= 0.6 is 0 Å². The molecule has 0 unspecified atom stereocenters. The maximum absolute atomic E-state index is 11.7. The van der Waals surface area contributed by atoms with E-state index in [0.29, 0.717) is 12.6 Å². The average molecular weight is 287 g/mol. The van der Waals surface area contributed by atoms with Crippen LogP contribution in [0.1, 0.15) is 25.3 Å². The molecule has 0 aromatic heterocycles. The van der Waals surface area contributed by atoms with Crippen LogP contribution in [0.5, 0.6) is 0 Å². The second-order valence-electron chi connectivity index (χ2n) is 5.45. The number of hydrogen-bond acceptors (Lipinski definition) is 3. The molecule has 0 saturated carbocycles. The van der Waals surface area contributed by atoms with Crippen LogP contribution in [0.15, 0.2) is 29.3 Å². The lowest BCUT2D eigenvalue weighted by molar-refractivity contribution is 0.0975. The molecule has 2 heterocycles. The highest BCUT2D eigenvalue weighted by Gasteiger charge is 2.24. The number of fused-ring (bicyclic) bond motifs is 1. The summed E-state index contributed by atoms with van der Waals surface area (Å²) in [6.07, 6.45) is 2.49. The summed E-state index contributed by atoms with van der Waals surface area (Å²) in [5.41, 5.74) is 2.47. The number of amidine groups is 1. The van der Waals surface area contributed by atoms with E-state index in [1.165, 1.54) is 11.3 Å². The number of piperidine rings is 1. The maximum atomic E-state index is 11.7. The molecule has 1 fully saturated rings. The Bertz CT molecular complexity index is 521. The van der Waals surface area contributed by atoms with Gasteiger partial charge in [0.2, 0.25) is 0 Å². The van der Waals surface area contributed by atoms with Gasteiger partial charge in [-0.3, -0.25) is 4.99 Å². The molecule has 1 aromatic rings. The molecule has 21 heavy (non-hydrogen) atoms. The normalized spacial score (nSPS) is 20.2. The smallest absolute Gasteiger partial charge is 0.409 e. The van der Waals surface area contributed by atoms with Crippen molar-refractivity contribution in [3.63, 3.8) is 0 Å². The lowest BCUT2D eigenvalue weighted by Gasteiger charge is -2.29. The Morgan fingerprint density at radius 3 is 2.86 bits per heavy atom. The number of anilines is 1. The summed E-state index contributed by atoms with van der Waals surface area (Å²) in [7, 11) is 0. The van der Waals surface area contributed by atoms with E-state index in [1.54, 1.807) is 4.90 Å². The van der Waals surface area contributed by atoms with Gasteiger partial charge in [-0.2, -0.15) is 0 Å². The van der Waals surface area contributed by atoms with Gasteiger partial charge in [0, 0.05) is 25.2 Å². The highest BCUT2D eigenvalue weighted by atomic mass is 16.6. The Hall–Kier alpha value is -2.04. The molecule has 2 aliphatic heterocycles. The molecule has 0 radical (unpaired) electrons. The van der Waals surface area contributed by atoms with Crippen LogP contribution in [0.3, 0.4) is 0 Å². The van der Waals surface area contributed by atoms with E-state index in [0.717, 1.165) is 38.2 Å². The van der Waals surface area contributed by atoms with Crippen molar-refractivity contribution in [1.82, 2.24) is 4.90 Å². The Morgan fingerprint density at radius 2 is 2.14 bits per heavy atom. The first-order chi connectivity index (χ1) is 10.3. The molecule has 1 amide bonds. The highest BCUT2D eigenvalue weighted by Crippen LogP contribution is 2.24. The number of carbonyl (C=O) groups is 1. The number of carbonyl (C=O) groups excluding carboxylic acids is 1. The van der Waals surface area contributed by atoms with E-state index in [2.05, 4.69) is 23.5 Å². The minimum absolute atomic E-state index is 0.199. The second-order valence-corrected chi connectivity index (χ2v) is 5.45. The van der Waals surface area contributed by atoms with Crippen LogP contribution in [0, 0.1) is 0 Å². The second kappa shape index (κ2) is 6.16. The van der Waals surface area contributed by atoms with Gasteiger partial charge >= 0.3 is 6.09 Å². The number of para-hydroxylation sites is 1. The van der Waals surface area contributed by atoms with Gasteiger partial charge in [-0.1, -0.05) is 18.2 Å². The summed E-state index contributed by atoms with van der Waals surface area (Å²) in [5.74, 6) is 1.05. The van der Waals surface area contributed by atoms with Crippen LogP contribution in [0.4, 0.5) is 10.5 Å². The van der Waals surface area contributed by atoms with Crippen molar-refractivity contribution in [2.24, 2.45) is 4.99 Å². The molecular weight excluding hydrogens is 266 g/mol. The number of nitrogens with one attached hydrogen (secondary N) is 1. The molecule has 0 atom stereocenters. The minimum atomic E-state index is -0.199. The van der Waals surface area contributed by atoms with E-state index in [1.807, 2.05) is 13.0 Å². The number of hydrogen-bond donors (Lipinski definition) is 1. The summed E-state index contributed by atoms with van der Waals surface area (Å²) < 4.78 is 5.03. The zero-order valence-electron chi connectivity index (χ0n) is 12.3. The van der Waals surface area contributed by atoms with E-state index < -0.39 is 0 Å². The summed E-state index contributed by atoms with van der Waals surface area (Å²) >= 11 is 0. The number of likely N-dealkylation sites (tertiary alicyclic amines) is 1. The molecule has 0 aliphatic carbocycles. The van der Waals surface area contributed by atoms with Crippen molar-refractivity contribution < 1.29 is 9.53 Å². The third-order valence-electron chi connectivity index (χ3n) is 3.98. The van der Waals surface area contributed by atoms with Crippen molar-refractivity contribution >= 4 is 17.6 Å². The van der Waals surface area contributed by atoms with Gasteiger partial charge in [-0.05, 0) is 31.4 Å². The fourth-order valence-electron chi connectivity index (χ4n) is 2.87. The predicted octanol–water partition coefficient (Wildman–Crippen LogP) is 2.67. The fraction of sp³-hybridized carbons (Fsp3) is 0.500. The number of aliphatic imine (C=N–C) groups is 1. The standard InChI is InChI=1S/C16H21N3O2/c1-2-21-16(20)19-9-7-13(8-10-19)17-15-11-12-5-3-4-6-14(12)18-15/h3-6,13H,2,7-11H2,1H3,(H,17,18). The average Bonchev–Trinajstić information content (AvgIpc) is 2.90. The Kier molecular flexibility index (Phi) is 4.08. The summed E-state index contributed by atoms with van der Waals surface area (Å²) in [5, 5.41) is 3.38. The summed E-state index contributed by atoms with van der Waals surface area (Å²) in [4.78, 5) is 18.2. The van der Waals surface area contributed by atoms with Gasteiger partial charge in [-0.25, -0.2) is 4.79 Å². The fourth-order valence-corrected chi connectivity index (χ4v) is 2.87. The van der Waals surface area contributed by atoms with Crippen LogP contribution in [-0.2, 0) is 11.2 Å². The molecule has 112 valence electrons. The lowest BCUT2D eigenvalue weighted by Crippen LogP contribution is -2.40. The number of amides is 1. The van der Waals surface area contributed by atoms with Gasteiger partial charge in [0.1, 0.15) is 5.84 Å². The van der Waals surface area contributed by atoms with E-state index in [-0.39, 0.29) is 6.09 Å². The molecule has 3 rings (SSSR count). The Labute approximate surface area is 125 Å². The van der Waals surface area contributed by atoms with Crippen LogP contribution in [0.2, 0.25) is 0 Å². The van der Waals surface area contributed by atoms with Crippen molar-refractivity contribution in [2.45, 2.75) is 32.2 Å². The number of ether oxygens (including phenoxy) is 1. The number of rotatable bonds is 2. The topological polar surface area (TPSA) is 53.9 Å². The van der Waals surface area contributed by atoms with Crippen LogP contribution < -0.4 is 5.32 Å². The molecular formula is C16H21N3O2. The monoisotopic (exact) mass is 287 g/mol. The van der Waals surface area contributed by atoms with Gasteiger partial charge in [0.15, 0.2) is 0 Å². The molecule has 5 nitrogen and oxygen atoms in total. The SMILES string of the molecule is CCOC(=O)N1CCC(N=C2Cc3ccccc3N2)CC1. The molecule has 1 saturated heterocycles. The summed E-state index contributed by atoms with van der Waals surface area (Å²) in [6.45, 7) is 3.73. The molecule has 5 heteroatoms. The van der Waals surface area contributed by atoms with Gasteiger partial charge < -0.3 is 15.0 Å². The zero-order chi connectivity index (χ0) is 14.7.